The van der Waals surface area contributed by atoms with Crippen LogP contribution in [0.4, 0.5) is 0 Å². The Bertz CT molecular complexity index is 359. The fourth-order valence-electron chi connectivity index (χ4n) is 2.08. The van der Waals surface area contributed by atoms with Crippen molar-refractivity contribution in [3.8, 4) is 0 Å². The number of hydrogen-bond donors (Lipinski definition) is 3. The first-order chi connectivity index (χ1) is 9.91. The average molecular weight is 373 g/mol. The maximum Gasteiger partial charge on any atom is 0.239 e. The molecule has 0 bridgehead atoms. The molecule has 0 aliphatic carbocycles. The highest BCUT2D eigenvalue weighted by molar-refractivity contribution is 5.87. The van der Waals surface area contributed by atoms with Gasteiger partial charge in [0, 0.05) is 25.7 Å². The summed E-state index contributed by atoms with van der Waals surface area (Å²) >= 11 is 0. The van der Waals surface area contributed by atoms with Crippen LogP contribution in [0.2, 0.25) is 0 Å². The van der Waals surface area contributed by atoms with Gasteiger partial charge < -0.3 is 21.1 Å². The number of carbonyl (C=O) groups excluding carboxylic acids is 2. The molecule has 1 rings (SSSR count). The van der Waals surface area contributed by atoms with Gasteiger partial charge in [-0.1, -0.05) is 13.8 Å². The summed E-state index contributed by atoms with van der Waals surface area (Å²) < 4.78 is 5.36. The predicted molar refractivity (Wildman–Crippen MR) is 95.2 cm³/mol. The highest BCUT2D eigenvalue weighted by atomic mass is 35.5. The van der Waals surface area contributed by atoms with Crippen molar-refractivity contribution >= 4 is 36.6 Å². The minimum atomic E-state index is -0.577. The molecule has 0 aromatic carbocycles. The molecule has 1 heterocycles. The van der Waals surface area contributed by atoms with Crippen LogP contribution in [0, 0.1) is 5.92 Å². The van der Waals surface area contributed by atoms with Crippen LogP contribution in [0.3, 0.4) is 0 Å². The molecule has 0 aromatic heterocycles. The van der Waals surface area contributed by atoms with E-state index in [0.717, 1.165) is 26.3 Å². The Hall–Kier alpha value is -0.600. The van der Waals surface area contributed by atoms with Crippen LogP contribution in [-0.2, 0) is 14.3 Å². The maximum atomic E-state index is 11.7. The van der Waals surface area contributed by atoms with E-state index in [1.165, 1.54) is 0 Å². The molecule has 1 fully saturated rings. The molecule has 1 saturated heterocycles. The number of halogens is 2. The van der Waals surface area contributed by atoms with Crippen molar-refractivity contribution < 1.29 is 14.3 Å². The summed E-state index contributed by atoms with van der Waals surface area (Å²) in [4.78, 5) is 25.5. The topological polar surface area (TPSA) is 96.7 Å². The van der Waals surface area contributed by atoms with Crippen molar-refractivity contribution in [1.29, 1.82) is 0 Å². The zero-order chi connectivity index (χ0) is 15.8. The van der Waals surface area contributed by atoms with Gasteiger partial charge in [-0.05, 0) is 12.8 Å². The molecule has 7 nitrogen and oxygen atoms in total. The van der Waals surface area contributed by atoms with E-state index in [-0.39, 0.29) is 49.1 Å². The molecule has 1 unspecified atom stereocenters. The van der Waals surface area contributed by atoms with Crippen LogP contribution in [-0.4, -0.2) is 68.2 Å². The zero-order valence-electron chi connectivity index (χ0n) is 14.0. The third kappa shape index (κ3) is 9.32. The van der Waals surface area contributed by atoms with Crippen LogP contribution in [0.25, 0.3) is 0 Å². The summed E-state index contributed by atoms with van der Waals surface area (Å²) in [6, 6.07) is -0.202. The summed E-state index contributed by atoms with van der Waals surface area (Å²) in [5, 5.41) is 5.35. The van der Waals surface area contributed by atoms with Gasteiger partial charge in [0.25, 0.3) is 0 Å². The summed E-state index contributed by atoms with van der Waals surface area (Å²) in [5.74, 6) is -0.432. The number of hydrogen-bond acceptors (Lipinski definition) is 5. The minimum absolute atomic E-state index is 0. The van der Waals surface area contributed by atoms with Crippen molar-refractivity contribution in [1.82, 2.24) is 15.5 Å². The minimum Gasteiger partial charge on any atom is -0.379 e. The number of nitrogens with zero attached hydrogens (tertiary/aromatic N) is 1. The Balaban J connectivity index is 0. The third-order valence-corrected chi connectivity index (χ3v) is 3.67. The lowest BCUT2D eigenvalue weighted by molar-refractivity contribution is -0.127. The number of carbonyl (C=O) groups is 2. The summed E-state index contributed by atoms with van der Waals surface area (Å²) in [6.45, 7) is 9.52. The molecule has 23 heavy (non-hydrogen) atoms. The summed E-state index contributed by atoms with van der Waals surface area (Å²) in [7, 11) is 0. The SMILES string of the molecule is CC(C)[C@H](N)C(=O)NCC(=O)NCCN1CCOCC1C.Cl.Cl. The Labute approximate surface area is 150 Å². The van der Waals surface area contributed by atoms with Crippen molar-refractivity contribution in [2.45, 2.75) is 32.9 Å². The standard InChI is InChI=1S/C14H28N4O3.2ClH/c1-10(2)13(15)14(20)17-8-12(19)16-4-5-18-6-7-21-9-11(18)3;;/h10-11,13H,4-9,15H2,1-3H3,(H,16,19)(H,17,20);2*1H/t11?,13-;;/m0../s1. The first-order valence-electron chi connectivity index (χ1n) is 7.53. The zero-order valence-corrected chi connectivity index (χ0v) is 15.7. The quantitative estimate of drug-likeness (QED) is 0.573. The Morgan fingerprint density at radius 2 is 1.96 bits per heavy atom. The third-order valence-electron chi connectivity index (χ3n) is 3.67. The Kier molecular flexibility index (Phi) is 13.7. The van der Waals surface area contributed by atoms with Gasteiger partial charge in [0.1, 0.15) is 0 Å². The molecular weight excluding hydrogens is 343 g/mol. The van der Waals surface area contributed by atoms with Crippen LogP contribution in [0.15, 0.2) is 0 Å². The number of nitrogens with one attached hydrogen (secondary N) is 2. The number of rotatable bonds is 7. The summed E-state index contributed by atoms with van der Waals surface area (Å²) in [6.07, 6.45) is 0. The van der Waals surface area contributed by atoms with Gasteiger partial charge in [-0.15, -0.1) is 24.8 Å². The van der Waals surface area contributed by atoms with Crippen molar-refractivity contribution in [3.05, 3.63) is 0 Å². The first kappa shape index (κ1) is 24.6. The van der Waals surface area contributed by atoms with Crippen LogP contribution >= 0.6 is 24.8 Å². The molecule has 0 spiro atoms. The number of nitrogens with two attached hydrogens (primary N) is 1. The van der Waals surface area contributed by atoms with E-state index in [1.54, 1.807) is 0 Å². The fraction of sp³-hybridized carbons (Fsp3) is 0.857. The van der Waals surface area contributed by atoms with Gasteiger partial charge in [-0.2, -0.15) is 0 Å². The maximum absolute atomic E-state index is 11.7. The smallest absolute Gasteiger partial charge is 0.239 e. The van der Waals surface area contributed by atoms with Crippen molar-refractivity contribution in [3.63, 3.8) is 0 Å². The van der Waals surface area contributed by atoms with Gasteiger partial charge in [-0.3, -0.25) is 14.5 Å². The monoisotopic (exact) mass is 372 g/mol. The highest BCUT2D eigenvalue weighted by Crippen LogP contribution is 2.04. The number of morpholine rings is 1. The predicted octanol–water partition coefficient (Wildman–Crippen LogP) is -0.234. The van der Waals surface area contributed by atoms with Crippen LogP contribution < -0.4 is 16.4 Å². The van der Waals surface area contributed by atoms with E-state index in [4.69, 9.17) is 10.5 Å². The second-order valence-electron chi connectivity index (χ2n) is 5.80. The largest absolute Gasteiger partial charge is 0.379 e. The molecular formula is C14H30Cl2N4O3. The second-order valence-corrected chi connectivity index (χ2v) is 5.80. The lowest BCUT2D eigenvalue weighted by Gasteiger charge is -2.33. The fourth-order valence-corrected chi connectivity index (χ4v) is 2.08. The lowest BCUT2D eigenvalue weighted by Crippen LogP contribution is -2.49. The second kappa shape index (κ2) is 12.8. The average Bonchev–Trinajstić information content (AvgIpc) is 2.45. The Morgan fingerprint density at radius 1 is 1.30 bits per heavy atom. The van der Waals surface area contributed by atoms with Gasteiger partial charge in [0.05, 0.1) is 25.8 Å². The lowest BCUT2D eigenvalue weighted by atomic mass is 10.1. The molecule has 9 heteroatoms. The molecule has 0 radical (unpaired) electrons. The Morgan fingerprint density at radius 3 is 2.52 bits per heavy atom. The molecule has 1 aliphatic heterocycles. The van der Waals surface area contributed by atoms with E-state index in [1.807, 2.05) is 13.8 Å². The molecule has 1 aliphatic rings. The molecule has 4 N–H and O–H groups in total. The number of amides is 2. The van der Waals surface area contributed by atoms with Crippen LogP contribution in [0.1, 0.15) is 20.8 Å². The van der Waals surface area contributed by atoms with Gasteiger partial charge in [0.15, 0.2) is 0 Å². The van der Waals surface area contributed by atoms with E-state index in [9.17, 15) is 9.59 Å². The van der Waals surface area contributed by atoms with Gasteiger partial charge in [0.2, 0.25) is 11.8 Å². The highest BCUT2D eigenvalue weighted by Gasteiger charge is 2.19. The molecule has 2 amide bonds. The molecule has 2 atom stereocenters. The van der Waals surface area contributed by atoms with Crippen molar-refractivity contribution in [2.75, 3.05) is 39.4 Å². The molecule has 0 aromatic rings. The van der Waals surface area contributed by atoms with Crippen LogP contribution in [0.5, 0.6) is 0 Å². The van der Waals surface area contributed by atoms with Crippen molar-refractivity contribution in [2.24, 2.45) is 11.7 Å². The first-order valence-corrected chi connectivity index (χ1v) is 7.53. The molecule has 0 saturated carbocycles. The molecule has 138 valence electrons. The van der Waals surface area contributed by atoms with E-state index < -0.39 is 6.04 Å². The normalized spacial score (nSPS) is 19.3. The van der Waals surface area contributed by atoms with Gasteiger partial charge >= 0.3 is 0 Å². The van der Waals surface area contributed by atoms with E-state index >= 15 is 0 Å². The summed E-state index contributed by atoms with van der Waals surface area (Å²) in [5.41, 5.74) is 5.70. The van der Waals surface area contributed by atoms with E-state index in [2.05, 4.69) is 22.5 Å². The number of ether oxygens (including phenoxy) is 1. The van der Waals surface area contributed by atoms with Gasteiger partial charge in [-0.25, -0.2) is 0 Å². The van der Waals surface area contributed by atoms with E-state index in [0.29, 0.717) is 12.6 Å².